The number of hydrogen-bond donors (Lipinski definition) is 0. The van der Waals surface area contributed by atoms with Gasteiger partial charge in [0.25, 0.3) is 5.56 Å². The fourth-order valence-electron chi connectivity index (χ4n) is 0.390. The third-order valence-corrected chi connectivity index (χ3v) is 1.83. The Balaban J connectivity index is 0. The monoisotopic (exact) mass is 211 g/mol. The molecule has 1 aromatic heterocycles. The summed E-state index contributed by atoms with van der Waals surface area (Å²) in [5.41, 5.74) is -0.0417. The molecule has 0 N–H and O–H groups in total. The second-order valence-corrected chi connectivity index (χ2v) is 3.18. The Morgan fingerprint density at radius 1 is 1.70 bits per heavy atom. The van der Waals surface area contributed by atoms with Gasteiger partial charge in [0.05, 0.1) is 0 Å². The van der Waals surface area contributed by atoms with Gasteiger partial charge in [0.2, 0.25) is 0 Å². The highest BCUT2D eigenvalue weighted by atomic mass is 35.5. The topological polar surface area (TPSA) is 22.0 Å². The molecule has 10 heavy (non-hydrogen) atoms. The van der Waals surface area contributed by atoms with Crippen LogP contribution in [0.25, 0.3) is 0 Å². The maximum atomic E-state index is 10.5. The van der Waals surface area contributed by atoms with Crippen LogP contribution in [0, 0.1) is 0 Å². The number of aromatic nitrogens is 1. The highest BCUT2D eigenvalue weighted by Gasteiger charge is 1.93. The van der Waals surface area contributed by atoms with Crippen LogP contribution in [0.15, 0.2) is 10.9 Å². The van der Waals surface area contributed by atoms with Gasteiger partial charge in [0.15, 0.2) is 0 Å². The summed E-state index contributed by atoms with van der Waals surface area (Å²) >= 11 is 6.70. The van der Waals surface area contributed by atoms with E-state index in [0.717, 1.165) is 0 Å². The fraction of sp³-hybridized carbons (Fsp3) is 0.250. The van der Waals surface area contributed by atoms with E-state index in [4.69, 9.17) is 11.6 Å². The zero-order valence-electron chi connectivity index (χ0n) is 4.63. The standard InChI is InChI=1S/C4H4ClNOS.ClH.Mg.2H/c1-6-4(7)2-3(5)8-6;;;;/h2H,1H3;1H;;;. The number of aryl methyl sites for hydroxylation is 1. The summed E-state index contributed by atoms with van der Waals surface area (Å²) in [6.45, 7) is 0. The van der Waals surface area contributed by atoms with Crippen LogP contribution in [0.3, 0.4) is 0 Å². The number of nitrogens with zero attached hydrogens (tertiary/aromatic N) is 1. The Kier molecular flexibility index (Phi) is 7.26. The second-order valence-electron chi connectivity index (χ2n) is 1.38. The van der Waals surface area contributed by atoms with Crippen LogP contribution in [-0.4, -0.2) is 27.0 Å². The van der Waals surface area contributed by atoms with Crippen molar-refractivity contribution in [2.75, 3.05) is 0 Å². The van der Waals surface area contributed by atoms with E-state index in [-0.39, 0.29) is 41.0 Å². The van der Waals surface area contributed by atoms with Crippen LogP contribution in [0.5, 0.6) is 0 Å². The molecule has 56 valence electrons. The third-order valence-electron chi connectivity index (χ3n) is 0.771. The van der Waals surface area contributed by atoms with Gasteiger partial charge in [0.1, 0.15) is 4.34 Å². The molecule has 0 saturated heterocycles. The van der Waals surface area contributed by atoms with Gasteiger partial charge in [-0.05, 0) is 11.5 Å². The van der Waals surface area contributed by atoms with Gasteiger partial charge < -0.3 is 0 Å². The van der Waals surface area contributed by atoms with E-state index in [9.17, 15) is 4.79 Å². The van der Waals surface area contributed by atoms with Crippen molar-refractivity contribution in [2.45, 2.75) is 0 Å². The largest absolute Gasteiger partial charge is 0.316 e. The van der Waals surface area contributed by atoms with Crippen molar-refractivity contribution < 1.29 is 0 Å². The Hall–Kier alpha value is 0.776. The maximum absolute atomic E-state index is 10.5. The maximum Gasteiger partial charge on any atom is 0.316 e. The lowest BCUT2D eigenvalue weighted by Crippen LogP contribution is -2.05. The first kappa shape index (κ1) is 13.4. The number of rotatable bonds is 0. The molecule has 0 spiro atoms. The van der Waals surface area contributed by atoms with Crippen molar-refractivity contribution >= 4 is 58.6 Å². The lowest BCUT2D eigenvalue weighted by Gasteiger charge is -1.77. The van der Waals surface area contributed by atoms with Gasteiger partial charge in [-0.15, -0.1) is 12.4 Å². The molecule has 0 radical (unpaired) electrons. The molecule has 0 bridgehead atoms. The van der Waals surface area contributed by atoms with Gasteiger partial charge in [-0.2, -0.15) is 0 Å². The normalized spacial score (nSPS) is 7.80. The minimum absolute atomic E-state index is 0. The molecule has 1 aromatic rings. The minimum Gasteiger partial charge on any atom is -0.268 e. The van der Waals surface area contributed by atoms with Gasteiger partial charge in [-0.25, -0.2) is 0 Å². The SMILES string of the molecule is Cl.Cn1sc(Cl)cc1=O.[MgH2]. The van der Waals surface area contributed by atoms with Gasteiger partial charge in [-0.3, -0.25) is 8.75 Å². The van der Waals surface area contributed by atoms with E-state index < -0.39 is 0 Å². The van der Waals surface area contributed by atoms with Crippen molar-refractivity contribution in [1.82, 2.24) is 3.96 Å². The molecule has 0 aliphatic rings. The van der Waals surface area contributed by atoms with Crippen LogP contribution >= 0.6 is 35.5 Å². The Morgan fingerprint density at radius 3 is 2.30 bits per heavy atom. The molecule has 0 amide bonds. The van der Waals surface area contributed by atoms with Crippen molar-refractivity contribution in [2.24, 2.45) is 7.05 Å². The summed E-state index contributed by atoms with van der Waals surface area (Å²) in [5.74, 6) is 0. The zero-order chi connectivity index (χ0) is 6.15. The highest BCUT2D eigenvalue weighted by Crippen LogP contribution is 2.09. The summed E-state index contributed by atoms with van der Waals surface area (Å²) in [6, 6.07) is 1.40. The Bertz CT molecular complexity index is 246. The molecule has 0 aromatic carbocycles. The molecule has 0 aliphatic carbocycles. The summed E-state index contributed by atoms with van der Waals surface area (Å²) in [6.07, 6.45) is 0. The van der Waals surface area contributed by atoms with Crippen molar-refractivity contribution in [3.8, 4) is 0 Å². The molecule has 0 fully saturated rings. The first-order valence-electron chi connectivity index (χ1n) is 2.03. The van der Waals surface area contributed by atoms with Crippen molar-refractivity contribution in [3.05, 3.63) is 20.8 Å². The summed E-state index contributed by atoms with van der Waals surface area (Å²) in [7, 11) is 1.68. The Morgan fingerprint density at radius 2 is 2.20 bits per heavy atom. The molecule has 2 nitrogen and oxygen atoms in total. The quantitative estimate of drug-likeness (QED) is 0.578. The molecular weight excluding hydrogens is 205 g/mol. The molecule has 1 heterocycles. The minimum atomic E-state index is -0.0417. The van der Waals surface area contributed by atoms with Crippen LogP contribution in [0.4, 0.5) is 0 Å². The molecule has 0 saturated carbocycles. The predicted molar refractivity (Wildman–Crippen MR) is 50.4 cm³/mol. The first-order chi connectivity index (χ1) is 3.70. The van der Waals surface area contributed by atoms with E-state index in [1.54, 1.807) is 7.05 Å². The smallest absolute Gasteiger partial charge is 0.268 e. The molecule has 1 rings (SSSR count). The lowest BCUT2D eigenvalue weighted by molar-refractivity contribution is 0.981. The number of hydrogen-bond acceptors (Lipinski definition) is 2. The fourth-order valence-corrected chi connectivity index (χ4v) is 1.35. The van der Waals surface area contributed by atoms with Gasteiger partial charge in [-0.1, -0.05) is 11.6 Å². The van der Waals surface area contributed by atoms with E-state index >= 15 is 0 Å². The molecule has 0 aliphatic heterocycles. The summed E-state index contributed by atoms with van der Waals surface area (Å²) in [4.78, 5) is 10.5. The van der Waals surface area contributed by atoms with Crippen LogP contribution in [-0.2, 0) is 7.05 Å². The van der Waals surface area contributed by atoms with E-state index in [1.165, 1.54) is 21.6 Å². The Labute approximate surface area is 89.9 Å². The molecular formula is C4H7Cl2MgNOS. The first-order valence-corrected chi connectivity index (χ1v) is 3.18. The molecule has 6 heteroatoms. The van der Waals surface area contributed by atoms with Crippen molar-refractivity contribution in [3.63, 3.8) is 0 Å². The molecule has 0 unspecified atom stereocenters. The second kappa shape index (κ2) is 5.43. The third kappa shape index (κ3) is 3.25. The van der Waals surface area contributed by atoms with Gasteiger partial charge in [0, 0.05) is 13.1 Å². The summed E-state index contributed by atoms with van der Waals surface area (Å²) in [5, 5.41) is 0. The summed E-state index contributed by atoms with van der Waals surface area (Å²) < 4.78 is 2.01. The predicted octanol–water partition coefficient (Wildman–Crippen LogP) is 0.606. The highest BCUT2D eigenvalue weighted by molar-refractivity contribution is 7.11. The average Bonchev–Trinajstić information content (AvgIpc) is 1.85. The molecule has 0 atom stereocenters. The van der Waals surface area contributed by atoms with Crippen LogP contribution in [0.1, 0.15) is 0 Å². The van der Waals surface area contributed by atoms with Crippen LogP contribution < -0.4 is 5.56 Å². The van der Waals surface area contributed by atoms with E-state index in [0.29, 0.717) is 4.34 Å². The van der Waals surface area contributed by atoms with Crippen molar-refractivity contribution in [1.29, 1.82) is 0 Å². The zero-order valence-corrected chi connectivity index (χ0v) is 7.02. The van der Waals surface area contributed by atoms with Gasteiger partial charge >= 0.3 is 23.1 Å². The van der Waals surface area contributed by atoms with Crippen LogP contribution in [0.2, 0.25) is 4.34 Å². The number of halogens is 2. The van der Waals surface area contributed by atoms with E-state index in [2.05, 4.69) is 0 Å². The van der Waals surface area contributed by atoms with E-state index in [1.807, 2.05) is 0 Å². The average molecular weight is 212 g/mol. The lowest BCUT2D eigenvalue weighted by atomic mass is 10.7.